The number of rotatable bonds is 9. The van der Waals surface area contributed by atoms with Crippen LogP contribution in [-0.4, -0.2) is 53.6 Å². The van der Waals surface area contributed by atoms with Crippen molar-refractivity contribution < 1.29 is 14.5 Å². The second-order valence-electron chi connectivity index (χ2n) is 8.33. The number of nitro groups is 1. The minimum absolute atomic E-state index is 0.0524. The van der Waals surface area contributed by atoms with Gasteiger partial charge in [0.1, 0.15) is 6.33 Å². The van der Waals surface area contributed by atoms with E-state index in [4.69, 9.17) is 4.74 Å². The van der Waals surface area contributed by atoms with Gasteiger partial charge < -0.3 is 14.5 Å². The Morgan fingerprint density at radius 1 is 1.24 bits per heavy atom. The van der Waals surface area contributed by atoms with Gasteiger partial charge in [-0.3, -0.25) is 14.9 Å². The summed E-state index contributed by atoms with van der Waals surface area (Å²) in [6.45, 7) is 12.9. The third-order valence-corrected chi connectivity index (χ3v) is 4.85. The topological polar surface area (TPSA) is 102 Å². The first kappa shape index (κ1) is 22.8. The van der Waals surface area contributed by atoms with Crippen molar-refractivity contribution in [1.82, 2.24) is 9.97 Å². The number of esters is 1. The maximum Gasteiger partial charge on any atom is 0.353 e. The van der Waals surface area contributed by atoms with E-state index in [1.807, 2.05) is 9.80 Å². The van der Waals surface area contributed by atoms with Gasteiger partial charge in [0.2, 0.25) is 11.6 Å². The molecule has 0 unspecified atom stereocenters. The summed E-state index contributed by atoms with van der Waals surface area (Å²) in [6.07, 6.45) is 2.59. The normalized spacial score (nSPS) is 15.1. The van der Waals surface area contributed by atoms with E-state index < -0.39 is 0 Å². The van der Waals surface area contributed by atoms with E-state index in [9.17, 15) is 14.9 Å². The highest BCUT2D eigenvalue weighted by Gasteiger charge is 2.34. The number of ether oxygens (including phenoxy) is 1. The third kappa shape index (κ3) is 6.01. The van der Waals surface area contributed by atoms with E-state index in [0.717, 1.165) is 0 Å². The molecule has 0 aliphatic carbocycles. The summed E-state index contributed by atoms with van der Waals surface area (Å²) in [5.74, 6) is 1.03. The van der Waals surface area contributed by atoms with Crippen molar-refractivity contribution in [3.8, 4) is 0 Å². The van der Waals surface area contributed by atoms with E-state index in [1.165, 1.54) is 6.33 Å². The zero-order valence-corrected chi connectivity index (χ0v) is 18.1. The summed E-state index contributed by atoms with van der Waals surface area (Å²) in [7, 11) is 0. The number of carbonyl (C=O) groups excluding carboxylic acids is 1. The first-order valence-corrected chi connectivity index (χ1v) is 10.4. The molecule has 0 saturated carbocycles. The Kier molecular flexibility index (Phi) is 8.16. The molecule has 2 rings (SSSR count). The number of carbonyl (C=O) groups is 1. The summed E-state index contributed by atoms with van der Waals surface area (Å²) in [4.78, 5) is 36.1. The van der Waals surface area contributed by atoms with Crippen LogP contribution in [-0.2, 0) is 9.53 Å². The van der Waals surface area contributed by atoms with E-state index in [2.05, 4.69) is 37.7 Å². The molecule has 1 aromatic heterocycles. The number of aromatic nitrogens is 2. The number of piperidine rings is 1. The fourth-order valence-corrected chi connectivity index (χ4v) is 3.70. The first-order chi connectivity index (χ1) is 13.7. The van der Waals surface area contributed by atoms with Gasteiger partial charge in [0.15, 0.2) is 0 Å². The van der Waals surface area contributed by atoms with E-state index in [1.54, 1.807) is 6.92 Å². The molecule has 2 heterocycles. The Bertz CT molecular complexity index is 692. The van der Waals surface area contributed by atoms with Gasteiger partial charge in [0.25, 0.3) is 0 Å². The van der Waals surface area contributed by atoms with Crippen LogP contribution in [0.3, 0.4) is 0 Å². The molecule has 9 nitrogen and oxygen atoms in total. The molecule has 0 aromatic carbocycles. The fourth-order valence-electron chi connectivity index (χ4n) is 3.70. The Labute approximate surface area is 172 Å². The summed E-state index contributed by atoms with van der Waals surface area (Å²) in [6, 6.07) is 0. The molecule has 1 aromatic rings. The third-order valence-electron chi connectivity index (χ3n) is 4.85. The molecule has 9 heteroatoms. The predicted octanol–water partition coefficient (Wildman–Crippen LogP) is 3.28. The molecule has 29 heavy (non-hydrogen) atoms. The maximum absolute atomic E-state index is 12.0. The first-order valence-electron chi connectivity index (χ1n) is 10.4. The van der Waals surface area contributed by atoms with Gasteiger partial charge in [0, 0.05) is 26.2 Å². The molecule has 0 atom stereocenters. The monoisotopic (exact) mass is 407 g/mol. The van der Waals surface area contributed by atoms with Crippen LogP contribution in [0.25, 0.3) is 0 Å². The van der Waals surface area contributed by atoms with Crippen LogP contribution in [0.4, 0.5) is 17.3 Å². The maximum atomic E-state index is 12.0. The highest BCUT2D eigenvalue weighted by atomic mass is 16.6. The largest absolute Gasteiger partial charge is 0.466 e. The zero-order chi connectivity index (χ0) is 21.6. The van der Waals surface area contributed by atoms with Crippen LogP contribution in [0.15, 0.2) is 6.33 Å². The fraction of sp³-hybridized carbons (Fsp3) is 0.750. The lowest BCUT2D eigenvalue weighted by Gasteiger charge is -2.32. The molecule has 0 amide bonds. The SMILES string of the molecule is CCOC(=O)C1CCN(c2ncnc(N(CC(C)C)CC(C)C)c2[N+](=O)[O-])CC1. The number of anilines is 2. The Morgan fingerprint density at radius 2 is 1.83 bits per heavy atom. The van der Waals surface area contributed by atoms with E-state index >= 15 is 0 Å². The Morgan fingerprint density at radius 3 is 2.31 bits per heavy atom. The summed E-state index contributed by atoms with van der Waals surface area (Å²) < 4.78 is 5.11. The molecule has 0 radical (unpaired) electrons. The van der Waals surface area contributed by atoms with Crippen LogP contribution in [0.5, 0.6) is 0 Å². The lowest BCUT2D eigenvalue weighted by atomic mass is 9.97. The minimum Gasteiger partial charge on any atom is -0.466 e. The van der Waals surface area contributed by atoms with Crippen LogP contribution in [0.1, 0.15) is 47.5 Å². The Balaban J connectivity index is 2.31. The van der Waals surface area contributed by atoms with Gasteiger partial charge in [0.05, 0.1) is 17.4 Å². The molecular weight excluding hydrogens is 374 g/mol. The molecule has 1 saturated heterocycles. The lowest BCUT2D eigenvalue weighted by molar-refractivity contribution is -0.383. The second kappa shape index (κ2) is 10.4. The summed E-state index contributed by atoms with van der Waals surface area (Å²) in [5, 5.41) is 12.0. The van der Waals surface area contributed by atoms with Gasteiger partial charge >= 0.3 is 11.7 Å². The quantitative estimate of drug-likeness (QED) is 0.349. The van der Waals surface area contributed by atoms with Crippen molar-refractivity contribution in [1.29, 1.82) is 0 Å². The summed E-state index contributed by atoms with van der Waals surface area (Å²) >= 11 is 0. The molecule has 1 aliphatic rings. The molecule has 1 aliphatic heterocycles. The Hall–Kier alpha value is -2.45. The van der Waals surface area contributed by atoms with E-state index in [-0.39, 0.29) is 22.5 Å². The van der Waals surface area contributed by atoms with Crippen molar-refractivity contribution in [3.63, 3.8) is 0 Å². The molecule has 0 N–H and O–H groups in total. The van der Waals surface area contributed by atoms with Crippen LogP contribution < -0.4 is 9.80 Å². The molecule has 0 bridgehead atoms. The number of hydrogen-bond acceptors (Lipinski definition) is 8. The predicted molar refractivity (Wildman–Crippen MR) is 112 cm³/mol. The van der Waals surface area contributed by atoms with Gasteiger partial charge in [-0.05, 0) is 31.6 Å². The van der Waals surface area contributed by atoms with Gasteiger partial charge in [-0.15, -0.1) is 0 Å². The van der Waals surface area contributed by atoms with Crippen molar-refractivity contribution in [2.45, 2.75) is 47.5 Å². The van der Waals surface area contributed by atoms with Crippen molar-refractivity contribution >= 4 is 23.3 Å². The average molecular weight is 408 g/mol. The van der Waals surface area contributed by atoms with Crippen LogP contribution >= 0.6 is 0 Å². The van der Waals surface area contributed by atoms with Crippen LogP contribution in [0.2, 0.25) is 0 Å². The standard InChI is InChI=1S/C20H33N5O4/c1-6-29-20(26)16-7-9-23(10-8-16)18-17(25(27)28)19(22-13-21-18)24(11-14(2)3)12-15(4)5/h13-16H,6-12H2,1-5H3. The van der Waals surface area contributed by atoms with Gasteiger partial charge in [-0.2, -0.15) is 0 Å². The smallest absolute Gasteiger partial charge is 0.353 e. The molecule has 162 valence electrons. The average Bonchev–Trinajstić information content (AvgIpc) is 2.66. The van der Waals surface area contributed by atoms with Gasteiger partial charge in [-0.1, -0.05) is 27.7 Å². The van der Waals surface area contributed by atoms with Crippen LogP contribution in [0, 0.1) is 27.9 Å². The highest BCUT2D eigenvalue weighted by molar-refractivity contribution is 5.74. The zero-order valence-electron chi connectivity index (χ0n) is 18.1. The second-order valence-corrected chi connectivity index (χ2v) is 8.33. The van der Waals surface area contributed by atoms with E-state index in [0.29, 0.717) is 69.1 Å². The number of nitrogens with zero attached hydrogens (tertiary/aromatic N) is 5. The van der Waals surface area contributed by atoms with Crippen molar-refractivity contribution in [3.05, 3.63) is 16.4 Å². The number of hydrogen-bond donors (Lipinski definition) is 0. The molecule has 0 spiro atoms. The van der Waals surface area contributed by atoms with Crippen molar-refractivity contribution in [2.75, 3.05) is 42.6 Å². The highest BCUT2D eigenvalue weighted by Crippen LogP contribution is 2.36. The van der Waals surface area contributed by atoms with Crippen molar-refractivity contribution in [2.24, 2.45) is 17.8 Å². The molecule has 1 fully saturated rings. The molecular formula is C20H33N5O4. The lowest BCUT2D eigenvalue weighted by Crippen LogP contribution is -2.38. The summed E-state index contributed by atoms with van der Waals surface area (Å²) in [5.41, 5.74) is -0.0524. The van der Waals surface area contributed by atoms with Gasteiger partial charge in [-0.25, -0.2) is 9.97 Å². The minimum atomic E-state index is -0.379.